The van der Waals surface area contributed by atoms with Crippen LogP contribution in [0.5, 0.6) is 0 Å². The molecule has 2 aliphatic rings. The molecule has 2 heterocycles. The number of carbonyl (C=O) groups excluding carboxylic acids is 2. The summed E-state index contributed by atoms with van der Waals surface area (Å²) in [5.74, 6) is -2.24. The molecular formula is C16H18F2N2O3. The third kappa shape index (κ3) is 3.19. The maximum atomic E-state index is 13.7. The van der Waals surface area contributed by atoms with Crippen LogP contribution in [-0.2, 0) is 9.53 Å². The molecule has 0 aliphatic carbocycles. The van der Waals surface area contributed by atoms with Gasteiger partial charge in [0.1, 0.15) is 23.8 Å². The van der Waals surface area contributed by atoms with Crippen molar-refractivity contribution in [3.05, 3.63) is 35.4 Å². The van der Waals surface area contributed by atoms with Crippen molar-refractivity contribution in [3.8, 4) is 0 Å². The Kier molecular flexibility index (Phi) is 4.30. The first-order valence-corrected chi connectivity index (χ1v) is 7.64. The summed E-state index contributed by atoms with van der Waals surface area (Å²) in [6.45, 7) is 3.71. The van der Waals surface area contributed by atoms with Gasteiger partial charge < -0.3 is 9.64 Å². The predicted molar refractivity (Wildman–Crippen MR) is 77.8 cm³/mol. The second-order valence-electron chi connectivity index (χ2n) is 5.95. The minimum Gasteiger partial charge on any atom is -0.461 e. The monoisotopic (exact) mass is 324 g/mol. The van der Waals surface area contributed by atoms with E-state index in [2.05, 4.69) is 0 Å². The molecule has 23 heavy (non-hydrogen) atoms. The number of piperazine rings is 1. The third-order valence-electron chi connectivity index (χ3n) is 4.35. The SMILES string of the molecule is CC1CC(N2CCN(C(=O)c3ccc(F)cc3F)CC2)C(=O)O1. The van der Waals surface area contributed by atoms with Crippen LogP contribution >= 0.6 is 0 Å². The van der Waals surface area contributed by atoms with Crippen molar-refractivity contribution in [1.29, 1.82) is 0 Å². The van der Waals surface area contributed by atoms with Crippen LogP contribution in [0.1, 0.15) is 23.7 Å². The van der Waals surface area contributed by atoms with E-state index in [1.165, 1.54) is 4.90 Å². The molecule has 0 saturated carbocycles. The van der Waals surface area contributed by atoms with Gasteiger partial charge in [-0.05, 0) is 19.1 Å². The van der Waals surface area contributed by atoms with Crippen molar-refractivity contribution in [2.24, 2.45) is 0 Å². The summed E-state index contributed by atoms with van der Waals surface area (Å²) in [5, 5.41) is 0. The summed E-state index contributed by atoms with van der Waals surface area (Å²) in [6.07, 6.45) is 0.569. The molecule has 3 rings (SSSR count). The predicted octanol–water partition coefficient (Wildman–Crippen LogP) is 1.43. The Hall–Kier alpha value is -2.02. The summed E-state index contributed by atoms with van der Waals surface area (Å²) >= 11 is 0. The van der Waals surface area contributed by atoms with Crippen molar-refractivity contribution >= 4 is 11.9 Å². The van der Waals surface area contributed by atoms with Crippen LogP contribution in [0.4, 0.5) is 8.78 Å². The first-order valence-electron chi connectivity index (χ1n) is 7.64. The molecule has 1 aromatic carbocycles. The zero-order valence-electron chi connectivity index (χ0n) is 12.8. The van der Waals surface area contributed by atoms with Crippen LogP contribution < -0.4 is 0 Å². The molecule has 7 heteroatoms. The quantitative estimate of drug-likeness (QED) is 0.772. The van der Waals surface area contributed by atoms with Gasteiger partial charge in [0.25, 0.3) is 5.91 Å². The van der Waals surface area contributed by atoms with E-state index in [-0.39, 0.29) is 23.7 Å². The maximum absolute atomic E-state index is 13.7. The number of cyclic esters (lactones) is 1. The highest BCUT2D eigenvalue weighted by Gasteiger charge is 2.38. The van der Waals surface area contributed by atoms with Gasteiger partial charge in [0.2, 0.25) is 0 Å². The van der Waals surface area contributed by atoms with Gasteiger partial charge in [-0.2, -0.15) is 0 Å². The number of halogens is 2. The average Bonchev–Trinajstić information content (AvgIpc) is 2.85. The molecule has 0 N–H and O–H groups in total. The molecule has 1 amide bonds. The molecule has 2 unspecified atom stereocenters. The molecular weight excluding hydrogens is 306 g/mol. The molecule has 0 aromatic heterocycles. The molecule has 2 fully saturated rings. The largest absolute Gasteiger partial charge is 0.461 e. The molecule has 0 bridgehead atoms. The summed E-state index contributed by atoms with van der Waals surface area (Å²) in [5.41, 5.74) is -0.131. The lowest BCUT2D eigenvalue weighted by Crippen LogP contribution is -2.53. The van der Waals surface area contributed by atoms with Crippen LogP contribution in [0.15, 0.2) is 18.2 Å². The van der Waals surface area contributed by atoms with Gasteiger partial charge in [-0.3, -0.25) is 14.5 Å². The Balaban J connectivity index is 1.62. The molecule has 2 saturated heterocycles. The van der Waals surface area contributed by atoms with E-state index in [1.807, 2.05) is 11.8 Å². The van der Waals surface area contributed by atoms with Crippen LogP contribution in [0.2, 0.25) is 0 Å². The Labute approximate surface area is 132 Å². The minimum atomic E-state index is -0.856. The maximum Gasteiger partial charge on any atom is 0.323 e. The number of ether oxygens (including phenoxy) is 1. The van der Waals surface area contributed by atoms with E-state index in [1.54, 1.807) is 0 Å². The summed E-state index contributed by atoms with van der Waals surface area (Å²) < 4.78 is 31.8. The van der Waals surface area contributed by atoms with Crippen LogP contribution in [0.3, 0.4) is 0 Å². The Morgan fingerprint density at radius 2 is 1.91 bits per heavy atom. The normalized spacial score (nSPS) is 25.5. The van der Waals surface area contributed by atoms with Gasteiger partial charge in [-0.1, -0.05) is 0 Å². The molecule has 124 valence electrons. The van der Waals surface area contributed by atoms with Gasteiger partial charge in [-0.15, -0.1) is 0 Å². The summed E-state index contributed by atoms with van der Waals surface area (Å²) in [4.78, 5) is 27.6. The summed E-state index contributed by atoms with van der Waals surface area (Å²) in [6, 6.07) is 2.68. The number of hydrogen-bond acceptors (Lipinski definition) is 4. The zero-order valence-corrected chi connectivity index (χ0v) is 12.8. The fourth-order valence-corrected chi connectivity index (χ4v) is 3.10. The van der Waals surface area contributed by atoms with Crippen LogP contribution in [-0.4, -0.2) is 60.0 Å². The lowest BCUT2D eigenvalue weighted by atomic mass is 10.1. The number of rotatable bonds is 2. The fraction of sp³-hybridized carbons (Fsp3) is 0.500. The fourth-order valence-electron chi connectivity index (χ4n) is 3.10. The van der Waals surface area contributed by atoms with Gasteiger partial charge in [0.05, 0.1) is 5.56 Å². The highest BCUT2D eigenvalue weighted by atomic mass is 19.1. The Morgan fingerprint density at radius 3 is 2.48 bits per heavy atom. The lowest BCUT2D eigenvalue weighted by Gasteiger charge is -2.36. The summed E-state index contributed by atoms with van der Waals surface area (Å²) in [7, 11) is 0. The Morgan fingerprint density at radius 1 is 1.22 bits per heavy atom. The number of benzene rings is 1. The molecule has 5 nitrogen and oxygen atoms in total. The van der Waals surface area contributed by atoms with Crippen LogP contribution in [0, 0.1) is 11.6 Å². The zero-order chi connectivity index (χ0) is 16.6. The number of esters is 1. The molecule has 0 spiro atoms. The highest BCUT2D eigenvalue weighted by molar-refractivity contribution is 5.94. The van der Waals surface area contributed by atoms with Crippen LogP contribution in [0.25, 0.3) is 0 Å². The number of nitrogens with zero attached hydrogens (tertiary/aromatic N) is 2. The van der Waals surface area contributed by atoms with Crippen molar-refractivity contribution < 1.29 is 23.1 Å². The van der Waals surface area contributed by atoms with E-state index >= 15 is 0 Å². The topological polar surface area (TPSA) is 49.9 Å². The second kappa shape index (κ2) is 6.23. The first kappa shape index (κ1) is 15.9. The standard InChI is InChI=1S/C16H18F2N2O3/c1-10-8-14(16(22)23-10)19-4-6-20(7-5-19)15(21)12-3-2-11(17)9-13(12)18/h2-3,9-10,14H,4-8H2,1H3. The number of hydrogen-bond donors (Lipinski definition) is 0. The second-order valence-corrected chi connectivity index (χ2v) is 5.95. The van der Waals surface area contributed by atoms with E-state index in [4.69, 9.17) is 4.74 Å². The lowest BCUT2D eigenvalue weighted by molar-refractivity contribution is -0.145. The molecule has 2 aliphatic heterocycles. The van der Waals surface area contributed by atoms with Crippen molar-refractivity contribution in [3.63, 3.8) is 0 Å². The molecule has 0 radical (unpaired) electrons. The number of carbonyl (C=O) groups is 2. The van der Waals surface area contributed by atoms with E-state index in [0.29, 0.717) is 38.7 Å². The van der Waals surface area contributed by atoms with Gasteiger partial charge >= 0.3 is 5.97 Å². The van der Waals surface area contributed by atoms with Gasteiger partial charge in [0.15, 0.2) is 0 Å². The van der Waals surface area contributed by atoms with Crippen molar-refractivity contribution in [2.75, 3.05) is 26.2 Å². The average molecular weight is 324 g/mol. The molecule has 1 aromatic rings. The van der Waals surface area contributed by atoms with E-state index in [9.17, 15) is 18.4 Å². The smallest absolute Gasteiger partial charge is 0.323 e. The van der Waals surface area contributed by atoms with E-state index in [0.717, 1.165) is 12.1 Å². The first-order chi connectivity index (χ1) is 11.0. The molecule has 2 atom stereocenters. The third-order valence-corrected chi connectivity index (χ3v) is 4.35. The highest BCUT2D eigenvalue weighted by Crippen LogP contribution is 2.22. The van der Waals surface area contributed by atoms with Crippen molar-refractivity contribution in [2.45, 2.75) is 25.5 Å². The van der Waals surface area contributed by atoms with Gasteiger partial charge in [0, 0.05) is 38.7 Å². The van der Waals surface area contributed by atoms with Crippen molar-refractivity contribution in [1.82, 2.24) is 9.80 Å². The minimum absolute atomic E-state index is 0.0829. The number of amides is 1. The van der Waals surface area contributed by atoms with E-state index < -0.39 is 17.5 Å². The Bertz CT molecular complexity index is 630. The van der Waals surface area contributed by atoms with Gasteiger partial charge in [-0.25, -0.2) is 8.78 Å².